The molecule has 0 saturated carbocycles. The highest BCUT2D eigenvalue weighted by atomic mass is 32.1. The second-order valence-electron chi connectivity index (χ2n) is 5.01. The first-order valence-corrected chi connectivity index (χ1v) is 7.90. The van der Waals surface area contributed by atoms with Gasteiger partial charge >= 0.3 is 0 Å². The highest BCUT2D eigenvalue weighted by Gasteiger charge is 2.21. The van der Waals surface area contributed by atoms with E-state index in [1.54, 1.807) is 11.3 Å². The van der Waals surface area contributed by atoms with E-state index < -0.39 is 0 Å². The number of benzene rings is 1. The predicted molar refractivity (Wildman–Crippen MR) is 84.0 cm³/mol. The van der Waals surface area contributed by atoms with Crippen molar-refractivity contribution < 1.29 is 4.79 Å². The van der Waals surface area contributed by atoms with Crippen molar-refractivity contribution in [3.8, 4) is 10.4 Å². The molecule has 1 fully saturated rings. The Bertz CT molecular complexity index is 574. The van der Waals surface area contributed by atoms with E-state index in [4.69, 9.17) is 0 Å². The van der Waals surface area contributed by atoms with Crippen molar-refractivity contribution in [1.82, 2.24) is 5.32 Å². The standard InChI is InChI=1S/C16H18N2OS/c19-16(14-8-3-4-10-17-14)18-13-7-2-1-6-12(13)15-9-5-11-20-15/h1-2,5-7,9,11,14,17H,3-4,8,10H2,(H,18,19)/t14-/m1/s1. The average Bonchev–Trinajstić information content (AvgIpc) is 3.03. The number of thiophene rings is 1. The summed E-state index contributed by atoms with van der Waals surface area (Å²) in [7, 11) is 0. The van der Waals surface area contributed by atoms with E-state index in [9.17, 15) is 4.79 Å². The normalized spacial score (nSPS) is 18.7. The van der Waals surface area contributed by atoms with Gasteiger partial charge in [-0.2, -0.15) is 0 Å². The maximum absolute atomic E-state index is 12.3. The van der Waals surface area contributed by atoms with Gasteiger partial charge < -0.3 is 10.6 Å². The van der Waals surface area contributed by atoms with Gasteiger partial charge in [0.25, 0.3) is 0 Å². The molecule has 2 N–H and O–H groups in total. The number of hydrogen-bond acceptors (Lipinski definition) is 3. The first-order valence-electron chi connectivity index (χ1n) is 7.02. The maximum atomic E-state index is 12.3. The van der Waals surface area contributed by atoms with E-state index in [0.717, 1.165) is 37.1 Å². The van der Waals surface area contributed by atoms with Crippen molar-refractivity contribution in [2.45, 2.75) is 25.3 Å². The van der Waals surface area contributed by atoms with Crippen LogP contribution in [0.15, 0.2) is 41.8 Å². The summed E-state index contributed by atoms with van der Waals surface area (Å²) in [6.07, 6.45) is 3.21. The molecule has 2 heterocycles. The van der Waals surface area contributed by atoms with E-state index in [0.29, 0.717) is 0 Å². The largest absolute Gasteiger partial charge is 0.324 e. The number of nitrogens with one attached hydrogen (secondary N) is 2. The van der Waals surface area contributed by atoms with Gasteiger partial charge in [0.1, 0.15) is 0 Å². The molecule has 0 unspecified atom stereocenters. The van der Waals surface area contributed by atoms with Gasteiger partial charge in [-0.25, -0.2) is 0 Å². The zero-order valence-electron chi connectivity index (χ0n) is 11.3. The molecule has 1 aromatic carbocycles. The first-order chi connectivity index (χ1) is 9.84. The van der Waals surface area contributed by atoms with Crippen LogP contribution in [-0.2, 0) is 4.79 Å². The Morgan fingerprint density at radius 1 is 1.20 bits per heavy atom. The Labute approximate surface area is 123 Å². The van der Waals surface area contributed by atoms with E-state index >= 15 is 0 Å². The lowest BCUT2D eigenvalue weighted by molar-refractivity contribution is -0.118. The van der Waals surface area contributed by atoms with Gasteiger partial charge in [-0.3, -0.25) is 4.79 Å². The molecular formula is C16H18N2OS. The molecule has 1 amide bonds. The monoisotopic (exact) mass is 286 g/mol. The molecule has 3 nitrogen and oxygen atoms in total. The molecule has 0 spiro atoms. The molecular weight excluding hydrogens is 268 g/mol. The molecule has 0 aliphatic carbocycles. The zero-order valence-corrected chi connectivity index (χ0v) is 12.1. The van der Waals surface area contributed by atoms with Crippen LogP contribution in [0.4, 0.5) is 5.69 Å². The fourth-order valence-corrected chi connectivity index (χ4v) is 3.30. The Kier molecular flexibility index (Phi) is 4.14. The lowest BCUT2D eigenvalue weighted by Crippen LogP contribution is -2.43. The zero-order chi connectivity index (χ0) is 13.8. The third kappa shape index (κ3) is 2.92. The Morgan fingerprint density at radius 2 is 2.10 bits per heavy atom. The number of amides is 1. The molecule has 1 saturated heterocycles. The van der Waals surface area contributed by atoms with Crippen LogP contribution in [0.3, 0.4) is 0 Å². The number of para-hydroxylation sites is 1. The van der Waals surface area contributed by atoms with Gasteiger partial charge in [0.2, 0.25) is 5.91 Å². The molecule has 104 valence electrons. The third-order valence-electron chi connectivity index (χ3n) is 3.60. The quantitative estimate of drug-likeness (QED) is 0.906. The molecule has 20 heavy (non-hydrogen) atoms. The smallest absolute Gasteiger partial charge is 0.241 e. The second-order valence-corrected chi connectivity index (χ2v) is 5.96. The van der Waals surface area contributed by atoms with E-state index in [1.165, 1.54) is 4.88 Å². The summed E-state index contributed by atoms with van der Waals surface area (Å²) in [4.78, 5) is 13.5. The fraction of sp³-hybridized carbons (Fsp3) is 0.312. The number of rotatable bonds is 3. The van der Waals surface area contributed by atoms with Gasteiger partial charge in [-0.15, -0.1) is 11.3 Å². The molecule has 1 aromatic heterocycles. The minimum Gasteiger partial charge on any atom is -0.324 e. The van der Waals surface area contributed by atoms with Crippen LogP contribution >= 0.6 is 11.3 Å². The summed E-state index contributed by atoms with van der Waals surface area (Å²) in [5.74, 6) is 0.0775. The highest BCUT2D eigenvalue weighted by molar-refractivity contribution is 7.13. The number of carbonyl (C=O) groups excluding carboxylic acids is 1. The molecule has 1 aliphatic heterocycles. The highest BCUT2D eigenvalue weighted by Crippen LogP contribution is 2.31. The van der Waals surface area contributed by atoms with Crippen LogP contribution in [-0.4, -0.2) is 18.5 Å². The van der Waals surface area contributed by atoms with Crippen LogP contribution in [0.1, 0.15) is 19.3 Å². The van der Waals surface area contributed by atoms with Gasteiger partial charge in [0.15, 0.2) is 0 Å². The maximum Gasteiger partial charge on any atom is 0.241 e. The topological polar surface area (TPSA) is 41.1 Å². The Balaban J connectivity index is 1.79. The molecule has 1 aliphatic rings. The van der Waals surface area contributed by atoms with Crippen molar-refractivity contribution in [2.24, 2.45) is 0 Å². The predicted octanol–water partition coefficient (Wildman–Crippen LogP) is 3.50. The van der Waals surface area contributed by atoms with Crippen LogP contribution in [0.25, 0.3) is 10.4 Å². The van der Waals surface area contributed by atoms with E-state index in [2.05, 4.69) is 28.1 Å². The summed E-state index contributed by atoms with van der Waals surface area (Å²) < 4.78 is 0. The van der Waals surface area contributed by atoms with Crippen molar-refractivity contribution in [3.63, 3.8) is 0 Å². The molecule has 1 atom stereocenters. The molecule has 4 heteroatoms. The van der Waals surface area contributed by atoms with E-state index in [-0.39, 0.29) is 11.9 Å². The van der Waals surface area contributed by atoms with Crippen molar-refractivity contribution in [3.05, 3.63) is 41.8 Å². The molecule has 0 radical (unpaired) electrons. The first kappa shape index (κ1) is 13.3. The van der Waals surface area contributed by atoms with Crippen molar-refractivity contribution in [1.29, 1.82) is 0 Å². The van der Waals surface area contributed by atoms with Crippen LogP contribution in [0.2, 0.25) is 0 Å². The van der Waals surface area contributed by atoms with Crippen molar-refractivity contribution >= 4 is 22.9 Å². The minimum atomic E-state index is -0.0554. The number of piperidine rings is 1. The third-order valence-corrected chi connectivity index (χ3v) is 4.50. The van der Waals surface area contributed by atoms with E-state index in [1.807, 2.05) is 24.3 Å². The van der Waals surface area contributed by atoms with Crippen LogP contribution in [0, 0.1) is 0 Å². The summed E-state index contributed by atoms with van der Waals surface area (Å²) in [6.45, 7) is 0.935. The molecule has 2 aromatic rings. The van der Waals surface area contributed by atoms with Gasteiger partial charge in [0, 0.05) is 16.1 Å². The lowest BCUT2D eigenvalue weighted by atomic mass is 10.0. The number of carbonyl (C=O) groups is 1. The average molecular weight is 286 g/mol. The SMILES string of the molecule is O=C(Nc1ccccc1-c1cccs1)[C@H]1CCCCN1. The summed E-state index contributed by atoms with van der Waals surface area (Å²) in [5, 5.41) is 8.41. The number of hydrogen-bond donors (Lipinski definition) is 2. The summed E-state index contributed by atoms with van der Waals surface area (Å²) in [6, 6.07) is 12.0. The van der Waals surface area contributed by atoms with Gasteiger partial charge in [-0.1, -0.05) is 30.7 Å². The molecule has 3 rings (SSSR count). The van der Waals surface area contributed by atoms with Gasteiger partial charge in [-0.05, 0) is 36.9 Å². The lowest BCUT2D eigenvalue weighted by Gasteiger charge is -2.23. The minimum absolute atomic E-state index is 0.0554. The molecule has 0 bridgehead atoms. The fourth-order valence-electron chi connectivity index (χ4n) is 2.53. The Morgan fingerprint density at radius 3 is 2.85 bits per heavy atom. The second kappa shape index (κ2) is 6.20. The van der Waals surface area contributed by atoms with Crippen LogP contribution < -0.4 is 10.6 Å². The summed E-state index contributed by atoms with van der Waals surface area (Å²) in [5.41, 5.74) is 1.99. The van der Waals surface area contributed by atoms with Gasteiger partial charge in [0.05, 0.1) is 6.04 Å². The van der Waals surface area contributed by atoms with Crippen LogP contribution in [0.5, 0.6) is 0 Å². The Hall–Kier alpha value is -1.65. The summed E-state index contributed by atoms with van der Waals surface area (Å²) >= 11 is 1.69. The van der Waals surface area contributed by atoms with Crippen molar-refractivity contribution in [2.75, 3.05) is 11.9 Å². The number of anilines is 1.